The number of aromatic nitrogens is 5. The van der Waals surface area contributed by atoms with Crippen LogP contribution in [-0.4, -0.2) is 24.7 Å². The number of fused-ring (bicyclic) bond motifs is 2. The fourth-order valence-electron chi connectivity index (χ4n) is 3.57. The summed E-state index contributed by atoms with van der Waals surface area (Å²) in [5.41, 5.74) is 5.82. The predicted molar refractivity (Wildman–Crippen MR) is 113 cm³/mol. The summed E-state index contributed by atoms with van der Waals surface area (Å²) in [5.74, 6) is 1.16. The first-order valence-electron chi connectivity index (χ1n) is 9.40. The Morgan fingerprint density at radius 1 is 0.897 bits per heavy atom. The molecule has 0 unspecified atom stereocenters. The van der Waals surface area contributed by atoms with E-state index < -0.39 is 0 Å². The van der Waals surface area contributed by atoms with Gasteiger partial charge < -0.3 is 4.74 Å². The number of hydrogen-bond donors (Lipinski definition) is 0. The summed E-state index contributed by atoms with van der Waals surface area (Å²) in [6, 6.07) is 14.3. The molecule has 0 N–H and O–H groups in total. The number of hydrogen-bond acceptors (Lipinski definition) is 5. The second-order valence-corrected chi connectivity index (χ2v) is 7.15. The van der Waals surface area contributed by atoms with Gasteiger partial charge in [0.15, 0.2) is 11.4 Å². The van der Waals surface area contributed by atoms with E-state index >= 15 is 0 Å². The van der Waals surface area contributed by atoms with Gasteiger partial charge in [-0.3, -0.25) is 4.98 Å². The molecule has 0 spiro atoms. The molecule has 0 saturated carbocycles. The van der Waals surface area contributed by atoms with Gasteiger partial charge in [0.25, 0.3) is 0 Å². The van der Waals surface area contributed by atoms with E-state index in [1.54, 1.807) is 12.4 Å². The fraction of sp³-hybridized carbons (Fsp3) is 0.130. The minimum absolute atomic E-state index is 0.465. The molecular weight excluding hydrogens is 362 g/mol. The van der Waals surface area contributed by atoms with E-state index in [0.29, 0.717) is 17.3 Å². The standard InChI is InChI=1S/C23H19N5O/c1-14-6-9-19(16(3)11-14)28-22-18(12-27-28)23(26-13-25-22)29-21-15(2)7-8-17-5-4-10-24-20(17)21/h4-13H,1-3H3. The minimum Gasteiger partial charge on any atom is -0.436 e. The fourth-order valence-corrected chi connectivity index (χ4v) is 3.57. The van der Waals surface area contributed by atoms with Gasteiger partial charge in [0.2, 0.25) is 5.88 Å². The van der Waals surface area contributed by atoms with Crippen LogP contribution in [0.25, 0.3) is 27.6 Å². The molecule has 5 rings (SSSR count). The molecule has 0 aliphatic heterocycles. The molecule has 5 aromatic rings. The quantitative estimate of drug-likeness (QED) is 0.436. The van der Waals surface area contributed by atoms with Crippen molar-refractivity contribution in [1.29, 1.82) is 0 Å². The van der Waals surface area contributed by atoms with Crippen molar-refractivity contribution in [3.63, 3.8) is 0 Å². The smallest absolute Gasteiger partial charge is 0.233 e. The van der Waals surface area contributed by atoms with Gasteiger partial charge in [-0.2, -0.15) is 5.10 Å². The maximum Gasteiger partial charge on any atom is 0.233 e. The second kappa shape index (κ2) is 6.67. The Bertz CT molecular complexity index is 1370. The average Bonchev–Trinajstić information content (AvgIpc) is 3.15. The maximum absolute atomic E-state index is 6.27. The van der Waals surface area contributed by atoms with Crippen LogP contribution in [0.4, 0.5) is 0 Å². The van der Waals surface area contributed by atoms with Crippen LogP contribution >= 0.6 is 0 Å². The zero-order valence-electron chi connectivity index (χ0n) is 16.4. The zero-order chi connectivity index (χ0) is 20.0. The van der Waals surface area contributed by atoms with Gasteiger partial charge in [0, 0.05) is 11.6 Å². The summed E-state index contributed by atoms with van der Waals surface area (Å²) in [6.45, 7) is 6.15. The monoisotopic (exact) mass is 381 g/mol. The summed E-state index contributed by atoms with van der Waals surface area (Å²) in [7, 11) is 0. The van der Waals surface area contributed by atoms with E-state index in [1.165, 1.54) is 11.9 Å². The summed E-state index contributed by atoms with van der Waals surface area (Å²) < 4.78 is 8.09. The van der Waals surface area contributed by atoms with E-state index in [9.17, 15) is 0 Å². The lowest BCUT2D eigenvalue weighted by Gasteiger charge is -2.11. The largest absolute Gasteiger partial charge is 0.436 e. The summed E-state index contributed by atoms with van der Waals surface area (Å²) >= 11 is 0. The highest BCUT2D eigenvalue weighted by atomic mass is 16.5. The normalized spacial score (nSPS) is 11.3. The Morgan fingerprint density at radius 3 is 2.66 bits per heavy atom. The second-order valence-electron chi connectivity index (χ2n) is 7.15. The van der Waals surface area contributed by atoms with Crippen molar-refractivity contribution >= 4 is 21.9 Å². The Hall–Kier alpha value is -3.80. The van der Waals surface area contributed by atoms with Crippen molar-refractivity contribution in [2.45, 2.75) is 20.8 Å². The molecule has 6 heteroatoms. The molecule has 0 atom stereocenters. The van der Waals surface area contributed by atoms with Gasteiger partial charge in [-0.05, 0) is 44.0 Å². The van der Waals surface area contributed by atoms with Crippen molar-refractivity contribution in [3.05, 3.63) is 77.9 Å². The van der Waals surface area contributed by atoms with Crippen molar-refractivity contribution in [2.75, 3.05) is 0 Å². The van der Waals surface area contributed by atoms with Crippen molar-refractivity contribution in [1.82, 2.24) is 24.7 Å². The third-order valence-corrected chi connectivity index (χ3v) is 5.03. The minimum atomic E-state index is 0.465. The van der Waals surface area contributed by atoms with E-state index in [2.05, 4.69) is 52.1 Å². The van der Waals surface area contributed by atoms with Crippen LogP contribution in [0.1, 0.15) is 16.7 Å². The van der Waals surface area contributed by atoms with Crippen molar-refractivity contribution < 1.29 is 4.74 Å². The van der Waals surface area contributed by atoms with Crippen LogP contribution in [-0.2, 0) is 0 Å². The van der Waals surface area contributed by atoms with Gasteiger partial charge in [-0.25, -0.2) is 14.6 Å². The third-order valence-electron chi connectivity index (χ3n) is 5.03. The number of pyridine rings is 1. The first kappa shape index (κ1) is 17.3. The molecule has 29 heavy (non-hydrogen) atoms. The predicted octanol–water partition coefficient (Wildman–Crippen LogP) is 5.08. The molecule has 0 amide bonds. The van der Waals surface area contributed by atoms with E-state index in [1.807, 2.05) is 35.9 Å². The molecule has 6 nitrogen and oxygen atoms in total. The third kappa shape index (κ3) is 2.89. The van der Waals surface area contributed by atoms with Crippen LogP contribution in [0.5, 0.6) is 11.6 Å². The average molecular weight is 381 g/mol. The molecular formula is C23H19N5O. The van der Waals surface area contributed by atoms with Crippen LogP contribution in [0, 0.1) is 20.8 Å². The molecule has 2 aromatic carbocycles. The highest BCUT2D eigenvalue weighted by molar-refractivity contribution is 5.87. The number of rotatable bonds is 3. The lowest BCUT2D eigenvalue weighted by molar-refractivity contribution is 0.469. The first-order valence-corrected chi connectivity index (χ1v) is 9.40. The number of ether oxygens (including phenoxy) is 1. The maximum atomic E-state index is 6.27. The first-order chi connectivity index (χ1) is 14.1. The molecule has 3 heterocycles. The van der Waals surface area contributed by atoms with Crippen molar-refractivity contribution in [2.24, 2.45) is 0 Å². The summed E-state index contributed by atoms with van der Waals surface area (Å²) in [5, 5.41) is 6.33. The van der Waals surface area contributed by atoms with Gasteiger partial charge in [-0.15, -0.1) is 0 Å². The zero-order valence-corrected chi connectivity index (χ0v) is 16.4. The Kier molecular flexibility index (Phi) is 3.98. The summed E-state index contributed by atoms with van der Waals surface area (Å²) in [4.78, 5) is 13.3. The van der Waals surface area contributed by atoms with E-state index in [0.717, 1.165) is 33.1 Å². The molecule has 0 radical (unpaired) electrons. The van der Waals surface area contributed by atoms with Crippen LogP contribution in [0.15, 0.2) is 61.2 Å². The molecule has 0 bridgehead atoms. The topological polar surface area (TPSA) is 65.7 Å². The van der Waals surface area contributed by atoms with E-state index in [4.69, 9.17) is 4.74 Å². The Morgan fingerprint density at radius 2 is 1.79 bits per heavy atom. The SMILES string of the molecule is Cc1ccc(-n2ncc3c(Oc4c(C)ccc5cccnc45)ncnc32)c(C)c1. The molecule has 142 valence electrons. The Balaban J connectivity index is 1.65. The van der Waals surface area contributed by atoms with Crippen molar-refractivity contribution in [3.8, 4) is 17.3 Å². The number of aryl methyl sites for hydroxylation is 3. The number of benzene rings is 2. The highest BCUT2D eigenvalue weighted by Crippen LogP contribution is 2.34. The number of nitrogens with zero attached hydrogens (tertiary/aromatic N) is 5. The van der Waals surface area contributed by atoms with Gasteiger partial charge in [0.1, 0.15) is 17.2 Å². The van der Waals surface area contributed by atoms with Gasteiger partial charge in [0.05, 0.1) is 11.9 Å². The molecule has 0 saturated heterocycles. The van der Waals surface area contributed by atoms with Crippen LogP contribution < -0.4 is 4.74 Å². The molecule has 0 fully saturated rings. The summed E-state index contributed by atoms with van der Waals surface area (Å²) in [6.07, 6.45) is 5.02. The van der Waals surface area contributed by atoms with Crippen LogP contribution in [0.2, 0.25) is 0 Å². The Labute approximate surface area is 167 Å². The lowest BCUT2D eigenvalue weighted by atomic mass is 10.1. The van der Waals surface area contributed by atoms with Gasteiger partial charge >= 0.3 is 0 Å². The van der Waals surface area contributed by atoms with Crippen LogP contribution in [0.3, 0.4) is 0 Å². The molecule has 0 aliphatic rings. The lowest BCUT2D eigenvalue weighted by Crippen LogP contribution is -2.01. The highest BCUT2D eigenvalue weighted by Gasteiger charge is 2.16. The molecule has 3 aromatic heterocycles. The molecule has 0 aliphatic carbocycles. The van der Waals surface area contributed by atoms with E-state index in [-0.39, 0.29) is 0 Å². The van der Waals surface area contributed by atoms with Gasteiger partial charge in [-0.1, -0.05) is 35.9 Å².